The maximum Gasteiger partial charge on any atom is 0.254 e. The van der Waals surface area contributed by atoms with E-state index in [1.165, 1.54) is 18.5 Å². The van der Waals surface area contributed by atoms with E-state index in [4.69, 9.17) is 0 Å². The third-order valence-electron chi connectivity index (χ3n) is 3.67. The smallest absolute Gasteiger partial charge is 0.254 e. The number of anilines is 2. The van der Waals surface area contributed by atoms with Crippen LogP contribution >= 0.6 is 0 Å². The molecule has 0 amide bonds. The maximum atomic E-state index is 13.3. The number of benzene rings is 1. The Hall–Kier alpha value is -2.50. The van der Waals surface area contributed by atoms with Crippen LogP contribution in [0.15, 0.2) is 24.5 Å². The van der Waals surface area contributed by atoms with Crippen LogP contribution in [0.1, 0.15) is 30.2 Å². The molecule has 0 bridgehead atoms. The third-order valence-corrected chi connectivity index (χ3v) is 3.67. The molecule has 1 N–H and O–H groups in total. The molecule has 0 saturated carbocycles. The second-order valence-corrected chi connectivity index (χ2v) is 5.33. The van der Waals surface area contributed by atoms with Crippen molar-refractivity contribution in [1.82, 2.24) is 19.6 Å². The van der Waals surface area contributed by atoms with Crippen molar-refractivity contribution in [3.63, 3.8) is 0 Å². The Kier molecular flexibility index (Phi) is 3.75. The normalized spacial score (nSPS) is 11.1. The molecule has 0 fully saturated rings. The SMILES string of the molecule is CCCc1c(C)nc2ncnn2c1Nc1ccc(F)cc1C. The topological polar surface area (TPSA) is 55.1 Å². The summed E-state index contributed by atoms with van der Waals surface area (Å²) in [5, 5.41) is 7.63. The lowest BCUT2D eigenvalue weighted by Gasteiger charge is -2.16. The Balaban J connectivity index is 2.15. The number of hydrogen-bond acceptors (Lipinski definition) is 4. The fourth-order valence-electron chi connectivity index (χ4n) is 2.56. The summed E-state index contributed by atoms with van der Waals surface area (Å²) in [6, 6.07) is 4.69. The molecule has 5 nitrogen and oxygen atoms in total. The second kappa shape index (κ2) is 5.71. The van der Waals surface area contributed by atoms with Gasteiger partial charge >= 0.3 is 0 Å². The first-order chi connectivity index (χ1) is 10.6. The summed E-state index contributed by atoms with van der Waals surface area (Å²) < 4.78 is 15.0. The van der Waals surface area contributed by atoms with Crippen LogP contribution in [0.2, 0.25) is 0 Å². The van der Waals surface area contributed by atoms with Gasteiger partial charge in [-0.15, -0.1) is 0 Å². The van der Waals surface area contributed by atoms with E-state index in [2.05, 4.69) is 27.3 Å². The first-order valence-electron chi connectivity index (χ1n) is 7.32. The minimum Gasteiger partial charge on any atom is -0.340 e. The lowest BCUT2D eigenvalue weighted by molar-refractivity contribution is 0.627. The molecule has 6 heteroatoms. The Morgan fingerprint density at radius 2 is 2.09 bits per heavy atom. The largest absolute Gasteiger partial charge is 0.340 e. The van der Waals surface area contributed by atoms with E-state index >= 15 is 0 Å². The Labute approximate surface area is 128 Å². The molecule has 3 aromatic rings. The second-order valence-electron chi connectivity index (χ2n) is 5.33. The van der Waals surface area contributed by atoms with Gasteiger partial charge in [-0.25, -0.2) is 9.37 Å². The highest BCUT2D eigenvalue weighted by molar-refractivity contribution is 5.65. The van der Waals surface area contributed by atoms with Gasteiger partial charge in [0.05, 0.1) is 0 Å². The van der Waals surface area contributed by atoms with Crippen molar-refractivity contribution in [1.29, 1.82) is 0 Å². The molecule has 0 aliphatic heterocycles. The average molecular weight is 299 g/mol. The van der Waals surface area contributed by atoms with Crippen LogP contribution < -0.4 is 5.32 Å². The van der Waals surface area contributed by atoms with Gasteiger partial charge in [0.15, 0.2) is 0 Å². The Bertz CT molecular complexity index is 825. The molecule has 2 heterocycles. The standard InChI is InChI=1S/C16H18FN5/c1-4-5-13-11(3)20-16-18-9-19-22(16)15(13)21-14-7-6-12(17)8-10(14)2/h6-9,21H,4-5H2,1-3H3. The number of nitrogens with zero attached hydrogens (tertiary/aromatic N) is 4. The van der Waals surface area contributed by atoms with E-state index < -0.39 is 0 Å². The van der Waals surface area contributed by atoms with Gasteiger partial charge in [-0.1, -0.05) is 13.3 Å². The number of hydrogen-bond donors (Lipinski definition) is 1. The monoisotopic (exact) mass is 299 g/mol. The number of aryl methyl sites for hydroxylation is 2. The van der Waals surface area contributed by atoms with Gasteiger partial charge in [0.2, 0.25) is 0 Å². The van der Waals surface area contributed by atoms with Crippen molar-refractivity contribution in [3.05, 3.63) is 47.2 Å². The summed E-state index contributed by atoms with van der Waals surface area (Å²) in [5.41, 5.74) is 3.72. The molecule has 0 aliphatic carbocycles. The summed E-state index contributed by atoms with van der Waals surface area (Å²) in [5.74, 6) is 1.16. The van der Waals surface area contributed by atoms with Gasteiger partial charge in [0.1, 0.15) is 18.0 Å². The van der Waals surface area contributed by atoms with E-state index in [1.807, 2.05) is 13.8 Å². The van der Waals surface area contributed by atoms with Crippen LogP contribution in [0.3, 0.4) is 0 Å². The highest BCUT2D eigenvalue weighted by Crippen LogP contribution is 2.26. The molecule has 0 saturated heterocycles. The summed E-state index contributed by atoms with van der Waals surface area (Å²) in [4.78, 5) is 8.64. The summed E-state index contributed by atoms with van der Waals surface area (Å²) >= 11 is 0. The van der Waals surface area contributed by atoms with Gasteiger partial charge in [-0.3, -0.25) is 0 Å². The number of rotatable bonds is 4. The molecule has 0 unspecified atom stereocenters. The van der Waals surface area contributed by atoms with E-state index in [9.17, 15) is 4.39 Å². The quantitative estimate of drug-likeness (QED) is 0.800. The van der Waals surface area contributed by atoms with Gasteiger partial charge in [0, 0.05) is 16.9 Å². The van der Waals surface area contributed by atoms with Crippen molar-refractivity contribution in [2.24, 2.45) is 0 Å². The van der Waals surface area contributed by atoms with Crippen molar-refractivity contribution in [2.75, 3.05) is 5.32 Å². The van der Waals surface area contributed by atoms with Crippen LogP contribution in [0.4, 0.5) is 15.9 Å². The molecule has 0 spiro atoms. The Morgan fingerprint density at radius 1 is 1.27 bits per heavy atom. The lowest BCUT2D eigenvalue weighted by Crippen LogP contribution is -2.09. The number of fused-ring (bicyclic) bond motifs is 1. The molecule has 114 valence electrons. The fourth-order valence-corrected chi connectivity index (χ4v) is 2.56. The van der Waals surface area contributed by atoms with Gasteiger partial charge in [0.25, 0.3) is 5.78 Å². The predicted molar refractivity (Wildman–Crippen MR) is 83.9 cm³/mol. The zero-order valence-corrected chi connectivity index (χ0v) is 12.9. The zero-order valence-electron chi connectivity index (χ0n) is 12.9. The highest BCUT2D eigenvalue weighted by Gasteiger charge is 2.14. The van der Waals surface area contributed by atoms with E-state index in [0.717, 1.165) is 41.2 Å². The van der Waals surface area contributed by atoms with Gasteiger partial charge < -0.3 is 5.32 Å². The third kappa shape index (κ3) is 2.52. The van der Waals surface area contributed by atoms with Crippen molar-refractivity contribution >= 4 is 17.3 Å². The first kappa shape index (κ1) is 14.4. The number of aromatic nitrogens is 4. The zero-order chi connectivity index (χ0) is 15.7. The van der Waals surface area contributed by atoms with Crippen molar-refractivity contribution < 1.29 is 4.39 Å². The minimum atomic E-state index is -0.242. The average Bonchev–Trinajstić information content (AvgIpc) is 2.93. The van der Waals surface area contributed by atoms with Crippen molar-refractivity contribution in [2.45, 2.75) is 33.6 Å². The molecule has 0 atom stereocenters. The van der Waals surface area contributed by atoms with E-state index in [1.54, 1.807) is 10.6 Å². The molecular weight excluding hydrogens is 281 g/mol. The molecule has 22 heavy (non-hydrogen) atoms. The summed E-state index contributed by atoms with van der Waals surface area (Å²) in [6.07, 6.45) is 3.37. The van der Waals surface area contributed by atoms with E-state index in [-0.39, 0.29) is 5.82 Å². The van der Waals surface area contributed by atoms with Crippen LogP contribution in [-0.2, 0) is 6.42 Å². The molecule has 1 aromatic carbocycles. The van der Waals surface area contributed by atoms with Crippen LogP contribution in [0.25, 0.3) is 5.78 Å². The van der Waals surface area contributed by atoms with E-state index in [0.29, 0.717) is 5.78 Å². The number of nitrogens with one attached hydrogen (secondary N) is 1. The molecule has 0 radical (unpaired) electrons. The lowest BCUT2D eigenvalue weighted by atomic mass is 10.1. The summed E-state index contributed by atoms with van der Waals surface area (Å²) in [6.45, 7) is 5.97. The molecule has 0 aliphatic rings. The summed E-state index contributed by atoms with van der Waals surface area (Å²) in [7, 11) is 0. The molecular formula is C16H18FN5. The van der Waals surface area contributed by atoms with Crippen LogP contribution in [0, 0.1) is 19.7 Å². The predicted octanol–water partition coefficient (Wildman–Crippen LogP) is 3.58. The van der Waals surface area contributed by atoms with Crippen LogP contribution in [0.5, 0.6) is 0 Å². The van der Waals surface area contributed by atoms with Gasteiger partial charge in [-0.2, -0.15) is 14.6 Å². The maximum absolute atomic E-state index is 13.3. The van der Waals surface area contributed by atoms with Gasteiger partial charge in [-0.05, 0) is 44.0 Å². The highest BCUT2D eigenvalue weighted by atomic mass is 19.1. The fraction of sp³-hybridized carbons (Fsp3) is 0.312. The number of halogens is 1. The molecule has 2 aromatic heterocycles. The Morgan fingerprint density at radius 3 is 2.82 bits per heavy atom. The van der Waals surface area contributed by atoms with Crippen molar-refractivity contribution in [3.8, 4) is 0 Å². The minimum absolute atomic E-state index is 0.242. The molecule has 3 rings (SSSR count). The first-order valence-corrected chi connectivity index (χ1v) is 7.32. The van der Waals surface area contributed by atoms with Crippen LogP contribution in [-0.4, -0.2) is 19.6 Å².